The van der Waals surface area contributed by atoms with Crippen LogP contribution >= 0.6 is 0 Å². The van der Waals surface area contributed by atoms with E-state index in [9.17, 15) is 0 Å². The lowest BCUT2D eigenvalue weighted by molar-refractivity contribution is -0.00780. The average Bonchev–Trinajstić information content (AvgIpc) is 2.95. The molecule has 2 heterocycles. The van der Waals surface area contributed by atoms with Crippen molar-refractivity contribution in [2.75, 3.05) is 53.0 Å². The van der Waals surface area contributed by atoms with Gasteiger partial charge in [-0.05, 0) is 26.7 Å². The molecule has 2 rings (SSSR count). The molecule has 0 saturated carbocycles. The maximum absolute atomic E-state index is 6.01. The monoisotopic (exact) mass is 285 g/mol. The molecule has 5 nitrogen and oxygen atoms in total. The molecule has 2 atom stereocenters. The Hall–Kier alpha value is -0.200. The van der Waals surface area contributed by atoms with Gasteiger partial charge in [-0.15, -0.1) is 0 Å². The maximum atomic E-state index is 6.01. The zero-order chi connectivity index (χ0) is 14.6. The zero-order valence-electron chi connectivity index (χ0n) is 13.3. The van der Waals surface area contributed by atoms with Crippen LogP contribution in [0.1, 0.15) is 26.7 Å². The standard InChI is InChI=1S/C15H31N3O2/c1-15(2,19-3)10-14(11-16)18-5-4-13(12-18)17-6-8-20-9-7-17/h13-14H,4-12,16H2,1-3H3. The van der Waals surface area contributed by atoms with Gasteiger partial charge in [0.2, 0.25) is 0 Å². The molecule has 118 valence electrons. The Bertz CT molecular complexity index is 293. The van der Waals surface area contributed by atoms with Gasteiger partial charge >= 0.3 is 0 Å². The summed E-state index contributed by atoms with van der Waals surface area (Å²) < 4.78 is 11.0. The van der Waals surface area contributed by atoms with E-state index in [0.717, 1.165) is 45.8 Å². The molecule has 0 amide bonds. The Morgan fingerprint density at radius 1 is 1.30 bits per heavy atom. The van der Waals surface area contributed by atoms with Crippen LogP contribution in [0.15, 0.2) is 0 Å². The summed E-state index contributed by atoms with van der Waals surface area (Å²) in [5.74, 6) is 0. The van der Waals surface area contributed by atoms with Crippen LogP contribution in [0.2, 0.25) is 0 Å². The third-order valence-electron chi connectivity index (χ3n) is 4.83. The molecule has 20 heavy (non-hydrogen) atoms. The topological polar surface area (TPSA) is 51.0 Å². The molecular weight excluding hydrogens is 254 g/mol. The summed E-state index contributed by atoms with van der Waals surface area (Å²) in [7, 11) is 1.79. The van der Waals surface area contributed by atoms with Crippen LogP contribution in [-0.4, -0.2) is 80.5 Å². The van der Waals surface area contributed by atoms with Crippen LogP contribution in [0, 0.1) is 0 Å². The fourth-order valence-corrected chi connectivity index (χ4v) is 3.35. The molecule has 2 saturated heterocycles. The van der Waals surface area contributed by atoms with E-state index in [-0.39, 0.29) is 5.60 Å². The predicted molar refractivity (Wildman–Crippen MR) is 80.9 cm³/mol. The van der Waals surface area contributed by atoms with Gasteiger partial charge in [0.05, 0.1) is 18.8 Å². The second-order valence-electron chi connectivity index (χ2n) is 6.64. The number of likely N-dealkylation sites (tertiary alicyclic amines) is 1. The Balaban J connectivity index is 1.86. The van der Waals surface area contributed by atoms with Crippen molar-refractivity contribution in [1.29, 1.82) is 0 Å². The molecule has 0 aromatic carbocycles. The van der Waals surface area contributed by atoms with Gasteiger partial charge in [-0.3, -0.25) is 9.80 Å². The van der Waals surface area contributed by atoms with E-state index in [0.29, 0.717) is 18.6 Å². The Morgan fingerprint density at radius 3 is 2.60 bits per heavy atom. The molecule has 0 aromatic heterocycles. The summed E-state index contributed by atoms with van der Waals surface area (Å²) in [5.41, 5.74) is 5.91. The van der Waals surface area contributed by atoms with Gasteiger partial charge in [0.1, 0.15) is 0 Å². The lowest BCUT2D eigenvalue weighted by Crippen LogP contribution is -2.48. The number of morpholine rings is 1. The molecule has 0 aliphatic carbocycles. The molecule has 0 radical (unpaired) electrons. The Labute approximate surface area is 123 Å². The first-order chi connectivity index (χ1) is 9.55. The highest BCUT2D eigenvalue weighted by atomic mass is 16.5. The molecule has 2 fully saturated rings. The minimum Gasteiger partial charge on any atom is -0.379 e. The van der Waals surface area contributed by atoms with E-state index in [1.54, 1.807) is 7.11 Å². The van der Waals surface area contributed by atoms with Crippen LogP contribution in [0.25, 0.3) is 0 Å². The number of hydrogen-bond donors (Lipinski definition) is 1. The first-order valence-electron chi connectivity index (χ1n) is 7.87. The van der Waals surface area contributed by atoms with Crippen LogP contribution in [0.5, 0.6) is 0 Å². The van der Waals surface area contributed by atoms with Crippen LogP contribution in [0.3, 0.4) is 0 Å². The SMILES string of the molecule is COC(C)(C)CC(CN)N1CCC(N2CCOCC2)C1. The third kappa shape index (κ3) is 4.15. The largest absolute Gasteiger partial charge is 0.379 e. The second kappa shape index (κ2) is 7.18. The van der Waals surface area contributed by atoms with Crippen molar-refractivity contribution in [2.45, 2.75) is 44.4 Å². The van der Waals surface area contributed by atoms with Crippen molar-refractivity contribution < 1.29 is 9.47 Å². The molecule has 2 unspecified atom stereocenters. The molecule has 5 heteroatoms. The number of hydrogen-bond acceptors (Lipinski definition) is 5. The minimum atomic E-state index is -0.0961. The fourth-order valence-electron chi connectivity index (χ4n) is 3.35. The summed E-state index contributed by atoms with van der Waals surface area (Å²) in [5, 5.41) is 0. The fraction of sp³-hybridized carbons (Fsp3) is 1.00. The number of ether oxygens (including phenoxy) is 2. The zero-order valence-corrected chi connectivity index (χ0v) is 13.3. The molecule has 0 spiro atoms. The number of methoxy groups -OCH3 is 1. The van der Waals surface area contributed by atoms with Gasteiger partial charge in [0.25, 0.3) is 0 Å². The molecule has 2 aliphatic rings. The van der Waals surface area contributed by atoms with Crippen LogP contribution in [-0.2, 0) is 9.47 Å². The summed E-state index contributed by atoms with van der Waals surface area (Å²) in [6, 6.07) is 1.11. The van der Waals surface area contributed by atoms with Crippen molar-refractivity contribution >= 4 is 0 Å². The summed E-state index contributed by atoms with van der Waals surface area (Å²) in [4.78, 5) is 5.14. The third-order valence-corrected chi connectivity index (χ3v) is 4.83. The van der Waals surface area contributed by atoms with Gasteiger partial charge in [-0.1, -0.05) is 0 Å². The molecule has 2 N–H and O–H groups in total. The quantitative estimate of drug-likeness (QED) is 0.772. The van der Waals surface area contributed by atoms with E-state index < -0.39 is 0 Å². The normalized spacial score (nSPS) is 27.9. The van der Waals surface area contributed by atoms with Gasteiger partial charge < -0.3 is 15.2 Å². The highest BCUT2D eigenvalue weighted by Crippen LogP contribution is 2.24. The van der Waals surface area contributed by atoms with Gasteiger partial charge in [-0.2, -0.15) is 0 Å². The molecule has 0 bridgehead atoms. The highest BCUT2D eigenvalue weighted by Gasteiger charge is 2.34. The van der Waals surface area contributed by atoms with E-state index in [2.05, 4.69) is 23.6 Å². The minimum absolute atomic E-state index is 0.0961. The summed E-state index contributed by atoms with van der Waals surface area (Å²) in [6.45, 7) is 11.2. The van der Waals surface area contributed by atoms with E-state index in [1.165, 1.54) is 6.42 Å². The van der Waals surface area contributed by atoms with Crippen molar-refractivity contribution in [3.63, 3.8) is 0 Å². The Kier molecular flexibility index (Phi) is 5.81. The molecule has 2 aliphatic heterocycles. The summed E-state index contributed by atoms with van der Waals surface area (Å²) in [6.07, 6.45) is 2.25. The van der Waals surface area contributed by atoms with Crippen molar-refractivity contribution in [3.8, 4) is 0 Å². The number of nitrogens with zero attached hydrogens (tertiary/aromatic N) is 2. The van der Waals surface area contributed by atoms with E-state index in [4.69, 9.17) is 15.2 Å². The highest BCUT2D eigenvalue weighted by molar-refractivity contribution is 4.90. The van der Waals surface area contributed by atoms with E-state index >= 15 is 0 Å². The number of rotatable bonds is 6. The average molecular weight is 285 g/mol. The van der Waals surface area contributed by atoms with Gasteiger partial charge in [0, 0.05) is 51.9 Å². The van der Waals surface area contributed by atoms with Gasteiger partial charge in [-0.25, -0.2) is 0 Å². The molecular formula is C15H31N3O2. The first kappa shape index (κ1) is 16.2. The summed E-state index contributed by atoms with van der Waals surface area (Å²) >= 11 is 0. The maximum Gasteiger partial charge on any atom is 0.0638 e. The Morgan fingerprint density at radius 2 is 2.00 bits per heavy atom. The molecule has 0 aromatic rings. The number of nitrogens with two attached hydrogens (primary N) is 1. The van der Waals surface area contributed by atoms with Crippen molar-refractivity contribution in [1.82, 2.24) is 9.80 Å². The smallest absolute Gasteiger partial charge is 0.0638 e. The van der Waals surface area contributed by atoms with Gasteiger partial charge in [0.15, 0.2) is 0 Å². The lowest BCUT2D eigenvalue weighted by Gasteiger charge is -2.35. The van der Waals surface area contributed by atoms with Crippen LogP contribution in [0.4, 0.5) is 0 Å². The van der Waals surface area contributed by atoms with Crippen molar-refractivity contribution in [2.24, 2.45) is 5.73 Å². The predicted octanol–water partition coefficient (Wildman–Crippen LogP) is 0.535. The van der Waals surface area contributed by atoms with Crippen LogP contribution < -0.4 is 5.73 Å². The lowest BCUT2D eigenvalue weighted by atomic mass is 9.98. The van der Waals surface area contributed by atoms with E-state index in [1.807, 2.05) is 0 Å². The van der Waals surface area contributed by atoms with Crippen molar-refractivity contribution in [3.05, 3.63) is 0 Å². The first-order valence-corrected chi connectivity index (χ1v) is 7.87. The second-order valence-corrected chi connectivity index (χ2v) is 6.64.